The van der Waals surface area contributed by atoms with E-state index in [1.165, 1.54) is 5.56 Å². The lowest BCUT2D eigenvalue weighted by Crippen LogP contribution is -2.35. The van der Waals surface area contributed by atoms with Gasteiger partial charge in [-0.15, -0.1) is 0 Å². The molecule has 0 saturated heterocycles. The number of hydrogen-bond acceptors (Lipinski definition) is 4. The second kappa shape index (κ2) is 6.12. The molecule has 0 spiro atoms. The van der Waals surface area contributed by atoms with Gasteiger partial charge in [-0.3, -0.25) is 9.58 Å². The molecule has 0 aliphatic heterocycles. The molecule has 0 saturated carbocycles. The molecule has 0 aliphatic carbocycles. The molecule has 0 atom stereocenters. The van der Waals surface area contributed by atoms with Gasteiger partial charge < -0.3 is 10.9 Å². The van der Waals surface area contributed by atoms with Gasteiger partial charge in [0.25, 0.3) is 0 Å². The fourth-order valence-corrected chi connectivity index (χ4v) is 1.50. The summed E-state index contributed by atoms with van der Waals surface area (Å²) in [5.74, 6) is 0.244. The predicted molar refractivity (Wildman–Crippen MR) is 62.4 cm³/mol. The van der Waals surface area contributed by atoms with E-state index < -0.39 is 0 Å². The quantitative estimate of drug-likeness (QED) is 0.310. The highest BCUT2D eigenvalue weighted by Crippen LogP contribution is 1.99. The third-order valence-corrected chi connectivity index (χ3v) is 2.44. The van der Waals surface area contributed by atoms with Gasteiger partial charge in [0.05, 0.1) is 12.7 Å². The number of amidine groups is 1. The van der Waals surface area contributed by atoms with Crippen molar-refractivity contribution in [2.75, 3.05) is 19.6 Å². The summed E-state index contributed by atoms with van der Waals surface area (Å²) in [6.45, 7) is 4.29. The molecule has 1 aromatic heterocycles. The van der Waals surface area contributed by atoms with Gasteiger partial charge in [-0.2, -0.15) is 5.10 Å². The summed E-state index contributed by atoms with van der Waals surface area (Å²) < 4.78 is 1.79. The highest BCUT2D eigenvalue weighted by atomic mass is 16.4. The van der Waals surface area contributed by atoms with Crippen molar-refractivity contribution in [3.63, 3.8) is 0 Å². The summed E-state index contributed by atoms with van der Waals surface area (Å²) in [5.41, 5.74) is 6.66. The maximum absolute atomic E-state index is 8.49. The van der Waals surface area contributed by atoms with Crippen molar-refractivity contribution in [1.82, 2.24) is 14.7 Å². The number of aromatic nitrogens is 2. The van der Waals surface area contributed by atoms with Crippen LogP contribution in [0.15, 0.2) is 17.5 Å². The molecule has 3 N–H and O–H groups in total. The van der Waals surface area contributed by atoms with E-state index in [0.29, 0.717) is 6.54 Å². The minimum Gasteiger partial charge on any atom is -0.409 e. The van der Waals surface area contributed by atoms with Crippen LogP contribution in [0.2, 0.25) is 0 Å². The number of likely N-dealkylation sites (N-methyl/N-ethyl adjacent to an activating group) is 1. The Balaban J connectivity index is 2.39. The number of aryl methyl sites for hydroxylation is 1. The first-order valence-corrected chi connectivity index (χ1v) is 5.32. The second-order valence-electron chi connectivity index (χ2n) is 3.73. The summed E-state index contributed by atoms with van der Waals surface area (Å²) in [7, 11) is 1.90. The highest BCUT2D eigenvalue weighted by Gasteiger charge is 2.06. The lowest BCUT2D eigenvalue weighted by atomic mass is 10.2. The molecule has 1 rings (SSSR count). The van der Waals surface area contributed by atoms with Crippen molar-refractivity contribution in [2.45, 2.75) is 13.3 Å². The molecule has 0 bridgehead atoms. The summed E-state index contributed by atoms with van der Waals surface area (Å²) in [5, 5.41) is 15.6. The maximum atomic E-state index is 8.49. The van der Waals surface area contributed by atoms with Crippen molar-refractivity contribution < 1.29 is 5.21 Å². The van der Waals surface area contributed by atoms with Gasteiger partial charge in [-0.25, -0.2) is 0 Å². The van der Waals surface area contributed by atoms with Crippen molar-refractivity contribution in [3.8, 4) is 0 Å². The lowest BCUT2D eigenvalue weighted by Gasteiger charge is -2.18. The Labute approximate surface area is 95.3 Å². The smallest absolute Gasteiger partial charge is 0.153 e. The Morgan fingerprint density at radius 3 is 2.94 bits per heavy atom. The van der Waals surface area contributed by atoms with Gasteiger partial charge in [0.2, 0.25) is 0 Å². The van der Waals surface area contributed by atoms with Gasteiger partial charge in [0.1, 0.15) is 0 Å². The molecule has 1 heterocycles. The highest BCUT2D eigenvalue weighted by molar-refractivity contribution is 5.81. The van der Waals surface area contributed by atoms with Gasteiger partial charge in [0, 0.05) is 19.8 Å². The molecule has 90 valence electrons. The average molecular weight is 225 g/mol. The van der Waals surface area contributed by atoms with E-state index in [2.05, 4.69) is 15.2 Å². The van der Waals surface area contributed by atoms with Crippen LogP contribution in [0.25, 0.3) is 0 Å². The number of rotatable bonds is 6. The summed E-state index contributed by atoms with van der Waals surface area (Å²) >= 11 is 0. The third kappa shape index (κ3) is 3.90. The second-order valence-corrected chi connectivity index (χ2v) is 3.73. The molecule has 6 heteroatoms. The van der Waals surface area contributed by atoms with Crippen LogP contribution in [0.3, 0.4) is 0 Å². The first-order valence-electron chi connectivity index (χ1n) is 5.32. The van der Waals surface area contributed by atoms with Crippen molar-refractivity contribution >= 4 is 5.84 Å². The van der Waals surface area contributed by atoms with Crippen LogP contribution in [0.5, 0.6) is 0 Å². The normalized spacial score (nSPS) is 12.3. The fraction of sp³-hybridized carbons (Fsp3) is 0.600. The Hall–Kier alpha value is -1.56. The van der Waals surface area contributed by atoms with Gasteiger partial charge in [-0.1, -0.05) is 12.1 Å². The first kappa shape index (κ1) is 12.5. The zero-order chi connectivity index (χ0) is 12.0. The zero-order valence-corrected chi connectivity index (χ0v) is 9.80. The van der Waals surface area contributed by atoms with E-state index in [0.717, 1.165) is 19.5 Å². The zero-order valence-electron chi connectivity index (χ0n) is 9.80. The molecule has 0 radical (unpaired) electrons. The fourth-order valence-electron chi connectivity index (χ4n) is 1.50. The topological polar surface area (TPSA) is 79.7 Å². The van der Waals surface area contributed by atoms with E-state index >= 15 is 0 Å². The largest absolute Gasteiger partial charge is 0.409 e. The van der Waals surface area contributed by atoms with Gasteiger partial charge >= 0.3 is 0 Å². The van der Waals surface area contributed by atoms with Gasteiger partial charge in [0.15, 0.2) is 5.84 Å². The van der Waals surface area contributed by atoms with Crippen molar-refractivity contribution in [1.29, 1.82) is 0 Å². The van der Waals surface area contributed by atoms with E-state index in [1.807, 2.05) is 26.4 Å². The maximum Gasteiger partial charge on any atom is 0.153 e. The SMILES string of the molecule is CCN(CCc1cnn(C)c1)CC(N)=NO. The minimum atomic E-state index is 0.244. The minimum absolute atomic E-state index is 0.244. The van der Waals surface area contributed by atoms with E-state index in [9.17, 15) is 0 Å². The van der Waals surface area contributed by atoms with Crippen LogP contribution in [0.1, 0.15) is 12.5 Å². The summed E-state index contributed by atoms with van der Waals surface area (Å²) in [6, 6.07) is 0. The first-order chi connectivity index (χ1) is 7.65. The molecule has 6 nitrogen and oxygen atoms in total. The molecule has 0 amide bonds. The van der Waals surface area contributed by atoms with E-state index in [4.69, 9.17) is 10.9 Å². The number of hydrogen-bond donors (Lipinski definition) is 2. The Kier molecular flexibility index (Phi) is 4.78. The molecule has 16 heavy (non-hydrogen) atoms. The summed E-state index contributed by atoms with van der Waals surface area (Å²) in [6.07, 6.45) is 4.77. The third-order valence-electron chi connectivity index (χ3n) is 2.44. The molecule has 1 aromatic rings. The molecule has 0 fully saturated rings. The molecule has 0 aromatic carbocycles. The van der Waals surface area contributed by atoms with Crippen LogP contribution >= 0.6 is 0 Å². The number of nitrogens with zero attached hydrogens (tertiary/aromatic N) is 4. The van der Waals surface area contributed by atoms with E-state index in [1.54, 1.807) is 4.68 Å². The van der Waals surface area contributed by atoms with Gasteiger partial charge in [-0.05, 0) is 18.5 Å². The predicted octanol–water partition coefficient (Wildman–Crippen LogP) is 0.0309. The lowest BCUT2D eigenvalue weighted by molar-refractivity contribution is 0.300. The van der Waals surface area contributed by atoms with Crippen LogP contribution in [-0.2, 0) is 13.5 Å². The molecular formula is C10H19N5O. The molecule has 0 unspecified atom stereocenters. The Morgan fingerprint density at radius 1 is 1.69 bits per heavy atom. The van der Waals surface area contributed by atoms with Crippen LogP contribution < -0.4 is 5.73 Å². The van der Waals surface area contributed by atoms with Crippen LogP contribution in [0.4, 0.5) is 0 Å². The molecular weight excluding hydrogens is 206 g/mol. The van der Waals surface area contributed by atoms with Crippen molar-refractivity contribution in [3.05, 3.63) is 18.0 Å². The Morgan fingerprint density at radius 2 is 2.44 bits per heavy atom. The van der Waals surface area contributed by atoms with Crippen LogP contribution in [0, 0.1) is 0 Å². The Bertz CT molecular complexity index is 347. The van der Waals surface area contributed by atoms with E-state index in [-0.39, 0.29) is 5.84 Å². The van der Waals surface area contributed by atoms with Crippen LogP contribution in [-0.4, -0.2) is 45.4 Å². The number of nitrogens with two attached hydrogens (primary N) is 1. The number of oxime groups is 1. The van der Waals surface area contributed by atoms with Crippen molar-refractivity contribution in [2.24, 2.45) is 17.9 Å². The summed E-state index contributed by atoms with van der Waals surface area (Å²) in [4.78, 5) is 2.11. The standard InChI is InChI=1S/C10H19N5O/c1-3-15(8-10(11)13-16)5-4-9-6-12-14(2)7-9/h6-7,16H,3-5,8H2,1-2H3,(H2,11,13). The average Bonchev–Trinajstić information content (AvgIpc) is 2.69. The molecule has 0 aliphatic rings. The monoisotopic (exact) mass is 225 g/mol.